The molecule has 0 fully saturated rings. The van der Waals surface area contributed by atoms with Crippen LogP contribution < -0.4 is 5.32 Å². The molecule has 0 aliphatic heterocycles. The highest BCUT2D eigenvalue weighted by atomic mass is 32.1. The van der Waals surface area contributed by atoms with Gasteiger partial charge in [-0.05, 0) is 11.1 Å². The summed E-state index contributed by atoms with van der Waals surface area (Å²) in [6.45, 7) is 1.11. The molecule has 3 rings (SSSR count). The molecule has 1 amide bonds. The first-order valence-electron chi connectivity index (χ1n) is 8.08. The number of hydrogen-bond acceptors (Lipinski definition) is 4. The topological polar surface area (TPSA) is 51.2 Å². The first-order chi connectivity index (χ1) is 12.2. The second kappa shape index (κ2) is 8.55. The molecule has 1 N–H and O–H groups in total. The summed E-state index contributed by atoms with van der Waals surface area (Å²) in [4.78, 5) is 16.7. The number of methoxy groups -OCH3 is 1. The minimum atomic E-state index is -0.0223. The van der Waals surface area contributed by atoms with E-state index >= 15 is 0 Å². The van der Waals surface area contributed by atoms with Crippen LogP contribution in [0.1, 0.15) is 16.8 Å². The monoisotopic (exact) mass is 352 g/mol. The van der Waals surface area contributed by atoms with Gasteiger partial charge in [-0.15, -0.1) is 11.3 Å². The summed E-state index contributed by atoms with van der Waals surface area (Å²) in [5.41, 5.74) is 4.07. The van der Waals surface area contributed by atoms with Crippen LogP contribution in [-0.2, 0) is 29.1 Å². The van der Waals surface area contributed by atoms with Crippen molar-refractivity contribution in [3.63, 3.8) is 0 Å². The number of nitrogens with one attached hydrogen (secondary N) is 1. The highest BCUT2D eigenvalue weighted by Crippen LogP contribution is 2.23. The zero-order chi connectivity index (χ0) is 17.5. The van der Waals surface area contributed by atoms with Gasteiger partial charge in [-0.2, -0.15) is 0 Å². The lowest BCUT2D eigenvalue weighted by Crippen LogP contribution is -2.24. The van der Waals surface area contributed by atoms with Gasteiger partial charge in [0, 0.05) is 24.6 Å². The normalized spacial score (nSPS) is 10.6. The van der Waals surface area contributed by atoms with Crippen LogP contribution in [0.4, 0.5) is 0 Å². The van der Waals surface area contributed by atoms with Gasteiger partial charge in [0.15, 0.2) is 0 Å². The number of carbonyl (C=O) groups excluding carboxylic acids is 1. The molecule has 0 spiro atoms. The fraction of sp³-hybridized carbons (Fsp3) is 0.200. The molecule has 128 valence electrons. The van der Waals surface area contributed by atoms with Gasteiger partial charge >= 0.3 is 0 Å². The first-order valence-corrected chi connectivity index (χ1v) is 8.96. The van der Waals surface area contributed by atoms with Crippen molar-refractivity contribution in [3.05, 3.63) is 76.8 Å². The number of benzene rings is 2. The summed E-state index contributed by atoms with van der Waals surface area (Å²) in [5, 5.41) is 5.83. The van der Waals surface area contributed by atoms with Crippen molar-refractivity contribution in [2.24, 2.45) is 0 Å². The molecule has 0 aliphatic rings. The molecule has 0 saturated carbocycles. The number of rotatable bonds is 7. The second-order valence-electron chi connectivity index (χ2n) is 5.71. The Hall–Kier alpha value is -2.50. The van der Waals surface area contributed by atoms with E-state index in [0.717, 1.165) is 27.4 Å². The fourth-order valence-electron chi connectivity index (χ4n) is 2.45. The van der Waals surface area contributed by atoms with Crippen LogP contribution in [0.15, 0.2) is 60.0 Å². The van der Waals surface area contributed by atoms with Crippen LogP contribution in [0.3, 0.4) is 0 Å². The van der Waals surface area contributed by atoms with E-state index in [4.69, 9.17) is 4.74 Å². The maximum atomic E-state index is 12.1. The summed E-state index contributed by atoms with van der Waals surface area (Å²) in [6, 6.07) is 18.0. The van der Waals surface area contributed by atoms with E-state index in [-0.39, 0.29) is 5.91 Å². The minimum Gasteiger partial charge on any atom is -0.380 e. The molecule has 0 aliphatic carbocycles. The molecule has 1 aromatic heterocycles. The van der Waals surface area contributed by atoms with Crippen molar-refractivity contribution in [1.82, 2.24) is 10.3 Å². The third kappa shape index (κ3) is 4.98. The van der Waals surface area contributed by atoms with Gasteiger partial charge < -0.3 is 10.1 Å². The van der Waals surface area contributed by atoms with Crippen molar-refractivity contribution < 1.29 is 9.53 Å². The molecule has 1 heterocycles. The number of carbonyl (C=O) groups is 1. The largest absolute Gasteiger partial charge is 0.380 e. The number of amides is 1. The van der Waals surface area contributed by atoms with Crippen molar-refractivity contribution in [1.29, 1.82) is 0 Å². The van der Waals surface area contributed by atoms with Crippen LogP contribution in [-0.4, -0.2) is 18.0 Å². The number of hydrogen-bond donors (Lipinski definition) is 1. The third-order valence-electron chi connectivity index (χ3n) is 3.74. The quantitative estimate of drug-likeness (QED) is 0.703. The van der Waals surface area contributed by atoms with Gasteiger partial charge in [0.25, 0.3) is 0 Å². The third-order valence-corrected chi connectivity index (χ3v) is 4.68. The number of nitrogens with zero attached hydrogens (tertiary/aromatic N) is 1. The van der Waals surface area contributed by atoms with E-state index in [1.807, 2.05) is 60.0 Å². The average molecular weight is 352 g/mol. The molecular weight excluding hydrogens is 332 g/mol. The summed E-state index contributed by atoms with van der Waals surface area (Å²) in [6.07, 6.45) is 0.297. The Morgan fingerprint density at radius 1 is 1.08 bits per heavy atom. The van der Waals surface area contributed by atoms with Gasteiger partial charge in [0.2, 0.25) is 5.91 Å². The maximum absolute atomic E-state index is 12.1. The van der Waals surface area contributed by atoms with Gasteiger partial charge in [-0.25, -0.2) is 4.98 Å². The fourth-order valence-corrected chi connectivity index (χ4v) is 3.27. The van der Waals surface area contributed by atoms with Crippen molar-refractivity contribution in [2.75, 3.05) is 7.11 Å². The van der Waals surface area contributed by atoms with Crippen LogP contribution in [0.5, 0.6) is 0 Å². The van der Waals surface area contributed by atoms with E-state index in [2.05, 4.69) is 10.3 Å². The van der Waals surface area contributed by atoms with Crippen LogP contribution >= 0.6 is 11.3 Å². The van der Waals surface area contributed by atoms with Gasteiger partial charge in [-0.3, -0.25) is 4.79 Å². The van der Waals surface area contributed by atoms with Crippen molar-refractivity contribution in [3.8, 4) is 10.6 Å². The predicted molar refractivity (Wildman–Crippen MR) is 100 cm³/mol. The molecule has 0 atom stereocenters. The second-order valence-corrected chi connectivity index (χ2v) is 6.57. The SMILES string of the molecule is COCc1ccc(CNC(=O)Cc2csc(-c3ccccc3)n2)cc1. The molecule has 0 bridgehead atoms. The van der Waals surface area contributed by atoms with Crippen LogP contribution in [0.25, 0.3) is 10.6 Å². The average Bonchev–Trinajstić information content (AvgIpc) is 3.11. The molecular formula is C20H20N2O2S. The minimum absolute atomic E-state index is 0.0223. The number of ether oxygens (including phenoxy) is 1. The zero-order valence-corrected chi connectivity index (χ0v) is 14.9. The molecule has 5 heteroatoms. The molecule has 3 aromatic rings. The van der Waals surface area contributed by atoms with Crippen molar-refractivity contribution in [2.45, 2.75) is 19.6 Å². The Balaban J connectivity index is 1.52. The Morgan fingerprint density at radius 3 is 2.52 bits per heavy atom. The maximum Gasteiger partial charge on any atom is 0.226 e. The molecule has 2 aromatic carbocycles. The number of aromatic nitrogens is 1. The lowest BCUT2D eigenvalue weighted by molar-refractivity contribution is -0.120. The standard InChI is InChI=1S/C20H20N2O2S/c1-24-13-16-9-7-15(8-10-16)12-21-19(23)11-18-14-25-20(22-18)17-5-3-2-4-6-17/h2-10,14H,11-13H2,1H3,(H,21,23). The lowest BCUT2D eigenvalue weighted by atomic mass is 10.1. The molecule has 4 nitrogen and oxygen atoms in total. The number of thiazole rings is 1. The molecule has 0 radical (unpaired) electrons. The zero-order valence-electron chi connectivity index (χ0n) is 14.1. The summed E-state index contributed by atoms with van der Waals surface area (Å²) < 4.78 is 5.09. The van der Waals surface area contributed by atoms with Gasteiger partial charge in [0.1, 0.15) is 5.01 Å². The molecule has 0 saturated heterocycles. The molecule has 0 unspecified atom stereocenters. The Labute approximate surface area is 151 Å². The lowest BCUT2D eigenvalue weighted by Gasteiger charge is -2.06. The van der Waals surface area contributed by atoms with Crippen LogP contribution in [0.2, 0.25) is 0 Å². The Bertz CT molecular complexity index is 813. The highest BCUT2D eigenvalue weighted by Gasteiger charge is 2.09. The highest BCUT2D eigenvalue weighted by molar-refractivity contribution is 7.13. The summed E-state index contributed by atoms with van der Waals surface area (Å²) >= 11 is 1.56. The van der Waals surface area contributed by atoms with E-state index in [1.54, 1.807) is 18.4 Å². The summed E-state index contributed by atoms with van der Waals surface area (Å²) in [5.74, 6) is -0.0223. The predicted octanol–water partition coefficient (Wildman–Crippen LogP) is 3.82. The van der Waals surface area contributed by atoms with Crippen LogP contribution in [0, 0.1) is 0 Å². The van der Waals surface area contributed by atoms with Crippen molar-refractivity contribution >= 4 is 17.2 Å². The Morgan fingerprint density at radius 2 is 1.80 bits per heavy atom. The molecule has 25 heavy (non-hydrogen) atoms. The van der Waals surface area contributed by atoms with E-state index in [9.17, 15) is 4.79 Å². The van der Waals surface area contributed by atoms with Gasteiger partial charge in [-0.1, -0.05) is 54.6 Å². The first kappa shape index (κ1) is 17.3. The Kier molecular flexibility index (Phi) is 5.93. The summed E-state index contributed by atoms with van der Waals surface area (Å²) in [7, 11) is 1.68. The van der Waals surface area contributed by atoms with Gasteiger partial charge in [0.05, 0.1) is 18.7 Å². The van der Waals surface area contributed by atoms with E-state index in [1.165, 1.54) is 0 Å². The smallest absolute Gasteiger partial charge is 0.226 e. The van der Waals surface area contributed by atoms with E-state index in [0.29, 0.717) is 19.6 Å². The van der Waals surface area contributed by atoms with E-state index < -0.39 is 0 Å².